The van der Waals surface area contributed by atoms with E-state index in [0.717, 1.165) is 6.26 Å². The Balaban J connectivity index is 2.09. The lowest BCUT2D eigenvalue weighted by Crippen LogP contribution is -2.08. The number of aryl methyl sites for hydroxylation is 1. The summed E-state index contributed by atoms with van der Waals surface area (Å²) in [4.78, 5) is 15.7. The summed E-state index contributed by atoms with van der Waals surface area (Å²) in [6.07, 6.45) is 4.49. The first-order valence-corrected chi connectivity index (χ1v) is 10.4. The number of hydrogen-bond donors (Lipinski definition) is 2. The van der Waals surface area contributed by atoms with Crippen LogP contribution in [-0.2, 0) is 21.7 Å². The molecule has 2 N–H and O–H groups in total. The van der Waals surface area contributed by atoms with E-state index in [1.807, 2.05) is 6.07 Å². The summed E-state index contributed by atoms with van der Waals surface area (Å²) in [5, 5.41) is 10.4. The molecule has 0 saturated heterocycles. The average molecular weight is 420 g/mol. The van der Waals surface area contributed by atoms with E-state index in [0.29, 0.717) is 28.5 Å². The number of rotatable bonds is 5. The Hall–Kier alpha value is -2.91. The molecule has 3 aromatic rings. The topological polar surface area (TPSA) is 106 Å². The van der Waals surface area contributed by atoms with Gasteiger partial charge in [-0.05, 0) is 24.3 Å². The third kappa shape index (κ3) is 4.68. The van der Waals surface area contributed by atoms with Gasteiger partial charge in [0.25, 0.3) is 0 Å². The zero-order valence-corrected chi connectivity index (χ0v) is 17.0. The molecule has 0 aliphatic carbocycles. The molecule has 1 aromatic carbocycles. The van der Waals surface area contributed by atoms with Crippen molar-refractivity contribution in [2.24, 2.45) is 7.05 Å². The fourth-order valence-electron chi connectivity index (χ4n) is 2.57. The molecule has 0 atom stereocenters. The third-order valence-electron chi connectivity index (χ3n) is 3.78. The summed E-state index contributed by atoms with van der Waals surface area (Å²) in [6.45, 7) is 1.39. The van der Waals surface area contributed by atoms with Crippen molar-refractivity contribution < 1.29 is 13.2 Å². The first kappa shape index (κ1) is 19.8. The molecule has 1 amide bonds. The average Bonchev–Trinajstić information content (AvgIpc) is 2.99. The standard InChI is InChI=1S/C18H18ClN5O3S/c1-11(25)21-18-9-17(15(10-20-18)16-4-5-24(2)23-16)22-13-6-12(19)7-14(8-13)28(3,26)27/h4-10H,1-3H3,(H2,20,21,22,25). The Morgan fingerprint density at radius 1 is 1.21 bits per heavy atom. The van der Waals surface area contributed by atoms with Gasteiger partial charge in [0.05, 0.1) is 16.3 Å². The number of nitrogens with one attached hydrogen (secondary N) is 2. The SMILES string of the molecule is CC(=O)Nc1cc(Nc2cc(Cl)cc(S(C)(=O)=O)c2)c(-c2ccn(C)n2)cn1. The highest BCUT2D eigenvalue weighted by Gasteiger charge is 2.14. The normalized spacial score (nSPS) is 11.3. The van der Waals surface area contributed by atoms with Crippen LogP contribution in [0.15, 0.2) is 47.6 Å². The van der Waals surface area contributed by atoms with Crippen molar-refractivity contribution in [2.45, 2.75) is 11.8 Å². The summed E-state index contributed by atoms with van der Waals surface area (Å²) in [5.74, 6) is 0.0891. The van der Waals surface area contributed by atoms with Crippen LogP contribution in [0.25, 0.3) is 11.3 Å². The van der Waals surface area contributed by atoms with Crippen LogP contribution in [0.5, 0.6) is 0 Å². The molecule has 0 aliphatic heterocycles. The van der Waals surface area contributed by atoms with Gasteiger partial charge in [-0.15, -0.1) is 0 Å². The molecule has 28 heavy (non-hydrogen) atoms. The number of anilines is 3. The number of sulfone groups is 1. The van der Waals surface area contributed by atoms with Crippen molar-refractivity contribution in [2.75, 3.05) is 16.9 Å². The van der Waals surface area contributed by atoms with Crippen molar-refractivity contribution in [3.63, 3.8) is 0 Å². The van der Waals surface area contributed by atoms with Gasteiger partial charge in [0.2, 0.25) is 5.91 Å². The molecule has 0 unspecified atom stereocenters. The molecule has 146 valence electrons. The highest BCUT2D eigenvalue weighted by molar-refractivity contribution is 7.90. The Morgan fingerprint density at radius 2 is 1.96 bits per heavy atom. The lowest BCUT2D eigenvalue weighted by molar-refractivity contribution is -0.114. The molecule has 0 radical (unpaired) electrons. The Kier molecular flexibility index (Phi) is 5.39. The lowest BCUT2D eigenvalue weighted by Gasteiger charge is -2.14. The Labute approximate surface area is 167 Å². The van der Waals surface area contributed by atoms with E-state index in [-0.39, 0.29) is 15.8 Å². The van der Waals surface area contributed by atoms with Gasteiger partial charge < -0.3 is 10.6 Å². The molecule has 0 saturated carbocycles. The molecule has 0 aliphatic rings. The molecule has 2 heterocycles. The van der Waals surface area contributed by atoms with E-state index in [1.54, 1.807) is 36.3 Å². The highest BCUT2D eigenvalue weighted by atomic mass is 35.5. The fraction of sp³-hybridized carbons (Fsp3) is 0.167. The van der Waals surface area contributed by atoms with Crippen molar-refractivity contribution in [3.05, 3.63) is 47.7 Å². The van der Waals surface area contributed by atoms with Crippen molar-refractivity contribution >= 4 is 44.5 Å². The zero-order valence-electron chi connectivity index (χ0n) is 15.4. The van der Waals surface area contributed by atoms with Gasteiger partial charge in [0.15, 0.2) is 9.84 Å². The summed E-state index contributed by atoms with van der Waals surface area (Å²) in [6, 6.07) is 7.95. The van der Waals surface area contributed by atoms with Crippen LogP contribution < -0.4 is 10.6 Å². The number of carbonyl (C=O) groups excluding carboxylic acids is 1. The third-order valence-corrected chi connectivity index (χ3v) is 5.09. The van der Waals surface area contributed by atoms with Crippen molar-refractivity contribution in [1.29, 1.82) is 0 Å². The Morgan fingerprint density at radius 3 is 2.57 bits per heavy atom. The largest absolute Gasteiger partial charge is 0.355 e. The minimum absolute atomic E-state index is 0.0954. The Bertz CT molecular complexity index is 1160. The van der Waals surface area contributed by atoms with Gasteiger partial charge >= 0.3 is 0 Å². The maximum atomic E-state index is 11.9. The maximum absolute atomic E-state index is 11.9. The van der Waals surface area contributed by atoms with Crippen molar-refractivity contribution in [3.8, 4) is 11.3 Å². The number of pyridine rings is 1. The van der Waals surface area contributed by atoms with E-state index < -0.39 is 9.84 Å². The molecule has 2 aromatic heterocycles. The molecular formula is C18H18ClN5O3S. The molecule has 3 rings (SSSR count). The molecule has 0 bridgehead atoms. The van der Waals surface area contributed by atoms with E-state index in [2.05, 4.69) is 20.7 Å². The molecule has 10 heteroatoms. The minimum Gasteiger partial charge on any atom is -0.355 e. The quantitative estimate of drug-likeness (QED) is 0.657. The minimum atomic E-state index is -3.43. The second-order valence-corrected chi connectivity index (χ2v) is 8.70. The van der Waals surface area contributed by atoms with Crippen LogP contribution in [0, 0.1) is 0 Å². The summed E-state index contributed by atoms with van der Waals surface area (Å²) in [5.41, 5.74) is 2.40. The molecule has 0 spiro atoms. The molecule has 8 nitrogen and oxygen atoms in total. The van der Waals surface area contributed by atoms with E-state index in [9.17, 15) is 13.2 Å². The van der Waals surface area contributed by atoms with Crippen LogP contribution in [0.3, 0.4) is 0 Å². The summed E-state index contributed by atoms with van der Waals surface area (Å²) >= 11 is 6.09. The monoisotopic (exact) mass is 419 g/mol. The number of amides is 1. The van der Waals surface area contributed by atoms with Gasteiger partial charge in [-0.25, -0.2) is 13.4 Å². The number of hydrogen-bond acceptors (Lipinski definition) is 6. The van der Waals surface area contributed by atoms with Crippen LogP contribution in [0.2, 0.25) is 5.02 Å². The summed E-state index contributed by atoms with van der Waals surface area (Å²) < 4.78 is 25.5. The number of aromatic nitrogens is 3. The van der Waals surface area contributed by atoms with E-state index in [4.69, 9.17) is 11.6 Å². The summed E-state index contributed by atoms with van der Waals surface area (Å²) in [7, 11) is -1.64. The van der Waals surface area contributed by atoms with E-state index in [1.165, 1.54) is 19.1 Å². The molecular weight excluding hydrogens is 402 g/mol. The predicted molar refractivity (Wildman–Crippen MR) is 109 cm³/mol. The smallest absolute Gasteiger partial charge is 0.222 e. The predicted octanol–water partition coefficient (Wildman–Crippen LogP) is 3.24. The zero-order chi connectivity index (χ0) is 20.5. The van der Waals surface area contributed by atoms with Crippen molar-refractivity contribution in [1.82, 2.24) is 14.8 Å². The fourth-order valence-corrected chi connectivity index (χ4v) is 3.56. The van der Waals surface area contributed by atoms with Gasteiger partial charge in [0, 0.05) is 55.0 Å². The second kappa shape index (κ2) is 7.61. The van der Waals surface area contributed by atoms with E-state index >= 15 is 0 Å². The number of nitrogens with zero attached hydrogens (tertiary/aromatic N) is 3. The maximum Gasteiger partial charge on any atom is 0.222 e. The van der Waals surface area contributed by atoms with Crippen LogP contribution >= 0.6 is 11.6 Å². The van der Waals surface area contributed by atoms with Gasteiger partial charge in [-0.1, -0.05) is 11.6 Å². The van der Waals surface area contributed by atoms with Gasteiger partial charge in [-0.2, -0.15) is 5.10 Å². The number of halogens is 1. The van der Waals surface area contributed by atoms with Gasteiger partial charge in [-0.3, -0.25) is 9.48 Å². The lowest BCUT2D eigenvalue weighted by atomic mass is 10.1. The van der Waals surface area contributed by atoms with Crippen LogP contribution in [0.1, 0.15) is 6.92 Å². The highest BCUT2D eigenvalue weighted by Crippen LogP contribution is 2.32. The first-order chi connectivity index (χ1) is 13.1. The number of benzene rings is 1. The van der Waals surface area contributed by atoms with Crippen LogP contribution in [0.4, 0.5) is 17.2 Å². The molecule has 0 fully saturated rings. The van der Waals surface area contributed by atoms with Gasteiger partial charge in [0.1, 0.15) is 5.82 Å². The number of carbonyl (C=O) groups is 1. The van der Waals surface area contributed by atoms with Crippen LogP contribution in [-0.4, -0.2) is 35.3 Å². The second-order valence-electron chi connectivity index (χ2n) is 6.24. The first-order valence-electron chi connectivity index (χ1n) is 8.17.